The number of benzene rings is 2. The Bertz CT molecular complexity index is 782. The molecular weight excluding hydrogens is 328 g/mol. The second kappa shape index (κ2) is 7.68. The first-order valence-electron chi connectivity index (χ1n) is 7.56. The fourth-order valence-corrected chi connectivity index (χ4v) is 3.43. The molecule has 0 aliphatic heterocycles. The Balaban J connectivity index is 2.10. The summed E-state index contributed by atoms with van der Waals surface area (Å²) in [5.74, 6) is 1.23. The Labute approximate surface area is 143 Å². The summed E-state index contributed by atoms with van der Waals surface area (Å²) in [5, 5.41) is 0. The minimum absolute atomic E-state index is 0.160. The third-order valence-electron chi connectivity index (χ3n) is 3.57. The number of rotatable bonds is 7. The van der Waals surface area contributed by atoms with Crippen LogP contribution in [0.2, 0.25) is 0 Å². The highest BCUT2D eigenvalue weighted by Gasteiger charge is 2.19. The van der Waals surface area contributed by atoms with Crippen LogP contribution >= 0.6 is 0 Å². The molecule has 1 atom stereocenters. The van der Waals surface area contributed by atoms with Crippen molar-refractivity contribution in [1.82, 2.24) is 0 Å². The maximum atomic E-state index is 12.3. The number of methoxy groups -OCH3 is 2. The molecule has 0 aromatic heterocycles. The molecule has 6 heteroatoms. The van der Waals surface area contributed by atoms with Gasteiger partial charge in [0.05, 0.1) is 25.2 Å². The Morgan fingerprint density at radius 1 is 0.958 bits per heavy atom. The van der Waals surface area contributed by atoms with Crippen LogP contribution in [0, 0.1) is 6.92 Å². The molecule has 2 rings (SSSR count). The maximum Gasteiger partial charge on any atom is 0.297 e. The van der Waals surface area contributed by atoms with Gasteiger partial charge in [-0.3, -0.25) is 4.18 Å². The molecule has 0 bridgehead atoms. The summed E-state index contributed by atoms with van der Waals surface area (Å²) in [7, 11) is -0.655. The number of ether oxygens (including phenoxy) is 2. The van der Waals surface area contributed by atoms with Crippen LogP contribution in [0.3, 0.4) is 0 Å². The summed E-state index contributed by atoms with van der Waals surface area (Å²) in [6, 6.07) is 12.1. The molecule has 2 aromatic rings. The van der Waals surface area contributed by atoms with Crippen LogP contribution in [-0.2, 0) is 20.7 Å². The van der Waals surface area contributed by atoms with Crippen LogP contribution in [0.4, 0.5) is 0 Å². The highest BCUT2D eigenvalue weighted by Crippen LogP contribution is 2.28. The van der Waals surface area contributed by atoms with Crippen molar-refractivity contribution >= 4 is 10.1 Å². The van der Waals surface area contributed by atoms with Crippen LogP contribution in [0.25, 0.3) is 0 Å². The van der Waals surface area contributed by atoms with Crippen molar-refractivity contribution in [2.75, 3.05) is 14.2 Å². The standard InChI is InChI=1S/C18H22O5S/c1-13-5-8-16(9-6-13)24(19,20)23-14(2)11-15-7-10-17(21-3)18(12-15)22-4/h5-10,12,14H,11H2,1-4H3/t14-/m1/s1. The van der Waals surface area contributed by atoms with E-state index in [-0.39, 0.29) is 4.90 Å². The van der Waals surface area contributed by atoms with E-state index in [0.717, 1.165) is 11.1 Å². The molecule has 2 aromatic carbocycles. The van der Waals surface area contributed by atoms with Gasteiger partial charge in [0.1, 0.15) is 0 Å². The van der Waals surface area contributed by atoms with Gasteiger partial charge < -0.3 is 9.47 Å². The summed E-state index contributed by atoms with van der Waals surface area (Å²) in [4.78, 5) is 0.160. The van der Waals surface area contributed by atoms with E-state index in [9.17, 15) is 8.42 Å². The predicted molar refractivity (Wildman–Crippen MR) is 92.2 cm³/mol. The molecule has 0 fully saturated rings. The molecule has 130 valence electrons. The van der Waals surface area contributed by atoms with Gasteiger partial charge in [-0.2, -0.15) is 8.42 Å². The third-order valence-corrected chi connectivity index (χ3v) is 5.00. The second-order valence-corrected chi connectivity index (χ2v) is 7.14. The Morgan fingerprint density at radius 3 is 2.17 bits per heavy atom. The van der Waals surface area contributed by atoms with Crippen molar-refractivity contribution in [3.63, 3.8) is 0 Å². The van der Waals surface area contributed by atoms with Gasteiger partial charge in [0.25, 0.3) is 10.1 Å². The molecular formula is C18H22O5S. The number of hydrogen-bond acceptors (Lipinski definition) is 5. The van der Waals surface area contributed by atoms with E-state index in [4.69, 9.17) is 13.7 Å². The lowest BCUT2D eigenvalue weighted by Gasteiger charge is -2.15. The molecule has 0 unspecified atom stereocenters. The minimum atomic E-state index is -3.78. The smallest absolute Gasteiger partial charge is 0.297 e. The van der Waals surface area contributed by atoms with Crippen molar-refractivity contribution < 1.29 is 22.1 Å². The molecule has 0 amide bonds. The van der Waals surface area contributed by atoms with Crippen molar-refractivity contribution in [1.29, 1.82) is 0 Å². The molecule has 0 saturated heterocycles. The zero-order valence-electron chi connectivity index (χ0n) is 14.3. The Morgan fingerprint density at radius 2 is 1.58 bits per heavy atom. The lowest BCUT2D eigenvalue weighted by Crippen LogP contribution is -2.18. The largest absolute Gasteiger partial charge is 0.493 e. The van der Waals surface area contributed by atoms with Crippen LogP contribution in [-0.4, -0.2) is 28.7 Å². The molecule has 0 saturated carbocycles. The lowest BCUT2D eigenvalue weighted by atomic mass is 10.1. The zero-order valence-corrected chi connectivity index (χ0v) is 15.1. The Kier molecular flexibility index (Phi) is 5.85. The summed E-state index contributed by atoms with van der Waals surface area (Å²) in [6.07, 6.45) is -0.0692. The maximum absolute atomic E-state index is 12.3. The molecule has 0 N–H and O–H groups in total. The van der Waals surface area contributed by atoms with E-state index < -0.39 is 16.2 Å². The first-order valence-corrected chi connectivity index (χ1v) is 8.97. The van der Waals surface area contributed by atoms with Crippen LogP contribution in [0.5, 0.6) is 11.5 Å². The molecule has 5 nitrogen and oxygen atoms in total. The van der Waals surface area contributed by atoms with Crippen LogP contribution in [0.1, 0.15) is 18.1 Å². The Hall–Kier alpha value is -2.05. The fourth-order valence-electron chi connectivity index (χ4n) is 2.35. The van der Waals surface area contributed by atoms with Gasteiger partial charge in [0, 0.05) is 0 Å². The average Bonchev–Trinajstić information content (AvgIpc) is 2.54. The fraction of sp³-hybridized carbons (Fsp3) is 0.333. The average molecular weight is 350 g/mol. The monoisotopic (exact) mass is 350 g/mol. The van der Waals surface area contributed by atoms with Crippen molar-refractivity contribution in [3.8, 4) is 11.5 Å². The highest BCUT2D eigenvalue weighted by atomic mass is 32.2. The predicted octanol–water partition coefficient (Wildman–Crippen LogP) is 3.35. The highest BCUT2D eigenvalue weighted by molar-refractivity contribution is 7.86. The van der Waals surface area contributed by atoms with Gasteiger partial charge in [0.15, 0.2) is 11.5 Å². The number of aryl methyl sites for hydroxylation is 1. The van der Waals surface area contributed by atoms with E-state index in [0.29, 0.717) is 17.9 Å². The summed E-state index contributed by atoms with van der Waals surface area (Å²) in [5.41, 5.74) is 1.89. The van der Waals surface area contributed by atoms with Crippen molar-refractivity contribution in [2.24, 2.45) is 0 Å². The first-order chi connectivity index (χ1) is 11.4. The van der Waals surface area contributed by atoms with Crippen molar-refractivity contribution in [3.05, 3.63) is 53.6 Å². The first kappa shape index (κ1) is 18.3. The van der Waals surface area contributed by atoms with E-state index in [1.165, 1.54) is 0 Å². The van der Waals surface area contributed by atoms with E-state index >= 15 is 0 Å². The van der Waals surface area contributed by atoms with Gasteiger partial charge >= 0.3 is 0 Å². The van der Waals surface area contributed by atoms with Gasteiger partial charge in [0.2, 0.25) is 0 Å². The van der Waals surface area contributed by atoms with Gasteiger partial charge in [-0.05, 0) is 50.1 Å². The third kappa shape index (κ3) is 4.49. The topological polar surface area (TPSA) is 61.8 Å². The molecule has 0 heterocycles. The quantitative estimate of drug-likeness (QED) is 0.717. The van der Waals surface area contributed by atoms with Gasteiger partial charge in [-0.25, -0.2) is 0 Å². The molecule has 24 heavy (non-hydrogen) atoms. The summed E-state index contributed by atoms with van der Waals surface area (Å²) in [6.45, 7) is 3.62. The van der Waals surface area contributed by atoms with Crippen LogP contribution in [0.15, 0.2) is 47.4 Å². The van der Waals surface area contributed by atoms with Crippen molar-refractivity contribution in [2.45, 2.75) is 31.3 Å². The van der Waals surface area contributed by atoms with Gasteiger partial charge in [-0.15, -0.1) is 0 Å². The van der Waals surface area contributed by atoms with Crippen LogP contribution < -0.4 is 9.47 Å². The van der Waals surface area contributed by atoms with Gasteiger partial charge in [-0.1, -0.05) is 23.8 Å². The minimum Gasteiger partial charge on any atom is -0.493 e. The summed E-state index contributed by atoms with van der Waals surface area (Å²) < 4.78 is 40.3. The van der Waals surface area contributed by atoms with E-state index in [1.807, 2.05) is 19.1 Å². The number of hydrogen-bond donors (Lipinski definition) is 0. The zero-order chi connectivity index (χ0) is 17.7. The lowest BCUT2D eigenvalue weighted by molar-refractivity contribution is 0.229. The molecule has 0 spiro atoms. The molecule has 0 aliphatic carbocycles. The molecule has 0 radical (unpaired) electrons. The second-order valence-electron chi connectivity index (χ2n) is 5.57. The SMILES string of the molecule is COc1ccc(C[C@@H](C)OS(=O)(=O)c2ccc(C)cc2)cc1OC. The summed E-state index contributed by atoms with van der Waals surface area (Å²) >= 11 is 0. The van der Waals surface area contributed by atoms with E-state index in [1.54, 1.807) is 51.5 Å². The van der Waals surface area contributed by atoms with E-state index in [2.05, 4.69) is 0 Å². The molecule has 0 aliphatic rings. The normalized spacial score (nSPS) is 12.7.